The summed E-state index contributed by atoms with van der Waals surface area (Å²) in [6, 6.07) is 5.54. The summed E-state index contributed by atoms with van der Waals surface area (Å²) in [5.41, 5.74) is -1.52. The van der Waals surface area contributed by atoms with Gasteiger partial charge >= 0.3 is 6.18 Å². The van der Waals surface area contributed by atoms with Crippen LogP contribution in [-0.2, 0) is 6.18 Å². The van der Waals surface area contributed by atoms with Gasteiger partial charge in [-0.25, -0.2) is 8.78 Å². The van der Waals surface area contributed by atoms with E-state index in [1.165, 1.54) is 12.1 Å². The lowest BCUT2D eigenvalue weighted by molar-refractivity contribution is -0.140. The normalized spacial score (nSPS) is 11.5. The zero-order valence-electron chi connectivity index (χ0n) is 10.8. The maximum absolute atomic E-state index is 13.6. The zero-order chi connectivity index (χ0) is 15.8. The molecule has 2 rings (SSSR count). The van der Waals surface area contributed by atoms with Crippen LogP contribution in [0.15, 0.2) is 36.4 Å². The Morgan fingerprint density at radius 2 is 1.62 bits per heavy atom. The summed E-state index contributed by atoms with van der Waals surface area (Å²) in [5, 5.41) is 0. The van der Waals surface area contributed by atoms with E-state index in [0.717, 1.165) is 12.1 Å². The van der Waals surface area contributed by atoms with E-state index < -0.39 is 29.2 Å². The molecule has 0 aliphatic rings. The number of carbonyl (C=O) groups is 1. The van der Waals surface area contributed by atoms with E-state index in [0.29, 0.717) is 17.7 Å². The molecule has 0 aromatic heterocycles. The number of halogens is 5. The monoisotopic (exact) mass is 300 g/mol. The number of alkyl halides is 3. The summed E-state index contributed by atoms with van der Waals surface area (Å²) in [6.45, 7) is 1.63. The van der Waals surface area contributed by atoms with Crippen LogP contribution in [0.25, 0.3) is 0 Å². The molecule has 0 bridgehead atoms. The van der Waals surface area contributed by atoms with Crippen LogP contribution in [-0.4, -0.2) is 5.78 Å². The minimum atomic E-state index is -4.85. The number of aryl methyl sites for hydroxylation is 1. The Balaban J connectivity index is 2.45. The van der Waals surface area contributed by atoms with Crippen molar-refractivity contribution >= 4 is 5.78 Å². The Bertz CT molecular complexity index is 704. The smallest absolute Gasteiger partial charge is 0.288 e. The highest BCUT2D eigenvalue weighted by atomic mass is 19.4. The average Bonchev–Trinajstić information content (AvgIpc) is 2.39. The second-order valence-electron chi connectivity index (χ2n) is 4.50. The van der Waals surface area contributed by atoms with Crippen molar-refractivity contribution < 1.29 is 26.7 Å². The van der Waals surface area contributed by atoms with Crippen LogP contribution in [0.5, 0.6) is 0 Å². The third-order valence-corrected chi connectivity index (χ3v) is 2.90. The highest BCUT2D eigenvalue weighted by molar-refractivity contribution is 6.09. The summed E-state index contributed by atoms with van der Waals surface area (Å²) >= 11 is 0. The van der Waals surface area contributed by atoms with E-state index in [1.807, 2.05) is 0 Å². The molecule has 0 saturated carbocycles. The van der Waals surface area contributed by atoms with Crippen molar-refractivity contribution in [2.75, 3.05) is 0 Å². The minimum absolute atomic E-state index is 0.311. The molecule has 0 N–H and O–H groups in total. The van der Waals surface area contributed by atoms with Crippen LogP contribution in [0.4, 0.5) is 22.0 Å². The SMILES string of the molecule is Cc1ccc(F)c(C(=O)c2ccc(C(F)(F)F)c(F)c2)c1. The minimum Gasteiger partial charge on any atom is -0.288 e. The molecule has 0 radical (unpaired) electrons. The zero-order valence-corrected chi connectivity index (χ0v) is 10.8. The summed E-state index contributed by atoms with van der Waals surface area (Å²) < 4.78 is 64.3. The van der Waals surface area contributed by atoms with Crippen LogP contribution in [0.3, 0.4) is 0 Å². The molecule has 0 heterocycles. The predicted octanol–water partition coefficient (Wildman–Crippen LogP) is 4.52. The molecule has 2 aromatic rings. The standard InChI is InChI=1S/C15H9F5O/c1-8-2-5-12(16)10(6-8)14(21)9-3-4-11(13(17)7-9)15(18,19)20/h2-7H,1H3. The summed E-state index contributed by atoms with van der Waals surface area (Å²) in [4.78, 5) is 12.0. The fourth-order valence-electron chi connectivity index (χ4n) is 1.85. The second kappa shape index (κ2) is 5.27. The van der Waals surface area contributed by atoms with Gasteiger partial charge < -0.3 is 0 Å². The van der Waals surface area contributed by atoms with Crippen LogP contribution in [0.2, 0.25) is 0 Å². The van der Waals surface area contributed by atoms with E-state index in [9.17, 15) is 26.7 Å². The highest BCUT2D eigenvalue weighted by Crippen LogP contribution is 2.32. The molecule has 0 aliphatic heterocycles. The van der Waals surface area contributed by atoms with Crippen molar-refractivity contribution in [3.05, 3.63) is 70.3 Å². The van der Waals surface area contributed by atoms with E-state index in [1.54, 1.807) is 6.92 Å². The Hall–Kier alpha value is -2.24. The number of carbonyl (C=O) groups excluding carboxylic acids is 1. The van der Waals surface area contributed by atoms with E-state index >= 15 is 0 Å². The third-order valence-electron chi connectivity index (χ3n) is 2.90. The fraction of sp³-hybridized carbons (Fsp3) is 0.133. The van der Waals surface area contributed by atoms with Gasteiger partial charge in [-0.05, 0) is 31.2 Å². The molecular formula is C15H9F5O. The molecule has 110 valence electrons. The molecule has 6 heteroatoms. The van der Waals surface area contributed by atoms with Crippen LogP contribution in [0.1, 0.15) is 27.0 Å². The first-order chi connectivity index (χ1) is 9.70. The largest absolute Gasteiger partial charge is 0.419 e. The Morgan fingerprint density at radius 3 is 2.19 bits per heavy atom. The average molecular weight is 300 g/mol. The highest BCUT2D eigenvalue weighted by Gasteiger charge is 2.34. The van der Waals surface area contributed by atoms with Crippen LogP contribution < -0.4 is 0 Å². The maximum Gasteiger partial charge on any atom is 0.419 e. The number of ketones is 1. The van der Waals surface area contributed by atoms with Crippen molar-refractivity contribution in [3.8, 4) is 0 Å². The maximum atomic E-state index is 13.6. The number of benzene rings is 2. The van der Waals surface area contributed by atoms with Gasteiger partial charge in [-0.15, -0.1) is 0 Å². The molecule has 0 saturated heterocycles. The van der Waals surface area contributed by atoms with Gasteiger partial charge in [0.15, 0.2) is 5.78 Å². The molecule has 2 aromatic carbocycles. The van der Waals surface area contributed by atoms with Gasteiger partial charge in [-0.1, -0.05) is 17.7 Å². The van der Waals surface area contributed by atoms with Gasteiger partial charge in [0.1, 0.15) is 11.6 Å². The molecule has 0 unspecified atom stereocenters. The van der Waals surface area contributed by atoms with Crippen molar-refractivity contribution in [1.29, 1.82) is 0 Å². The summed E-state index contributed by atoms with van der Waals surface area (Å²) in [6.07, 6.45) is -4.85. The first kappa shape index (κ1) is 15.2. The molecule has 0 spiro atoms. The summed E-state index contributed by atoms with van der Waals surface area (Å²) in [5.74, 6) is -3.25. The van der Waals surface area contributed by atoms with Crippen molar-refractivity contribution in [3.63, 3.8) is 0 Å². The third kappa shape index (κ3) is 3.09. The lowest BCUT2D eigenvalue weighted by Crippen LogP contribution is -2.11. The molecule has 0 atom stereocenters. The summed E-state index contributed by atoms with van der Waals surface area (Å²) in [7, 11) is 0. The van der Waals surface area contributed by atoms with E-state index in [2.05, 4.69) is 0 Å². The Labute approximate surface area is 117 Å². The molecular weight excluding hydrogens is 291 g/mol. The fourth-order valence-corrected chi connectivity index (χ4v) is 1.85. The molecule has 21 heavy (non-hydrogen) atoms. The van der Waals surface area contributed by atoms with E-state index in [4.69, 9.17) is 0 Å². The topological polar surface area (TPSA) is 17.1 Å². The van der Waals surface area contributed by atoms with Crippen molar-refractivity contribution in [2.24, 2.45) is 0 Å². The van der Waals surface area contributed by atoms with Crippen LogP contribution >= 0.6 is 0 Å². The Morgan fingerprint density at radius 1 is 0.952 bits per heavy atom. The lowest BCUT2D eigenvalue weighted by Gasteiger charge is -2.09. The van der Waals surface area contributed by atoms with Crippen molar-refractivity contribution in [1.82, 2.24) is 0 Å². The predicted molar refractivity (Wildman–Crippen MR) is 66.0 cm³/mol. The number of hydrogen-bond donors (Lipinski definition) is 0. The lowest BCUT2D eigenvalue weighted by atomic mass is 9.99. The first-order valence-corrected chi connectivity index (χ1v) is 5.88. The van der Waals surface area contributed by atoms with Gasteiger partial charge in [-0.3, -0.25) is 4.79 Å². The van der Waals surface area contributed by atoms with Crippen molar-refractivity contribution in [2.45, 2.75) is 13.1 Å². The molecule has 0 aliphatic carbocycles. The first-order valence-electron chi connectivity index (χ1n) is 5.88. The van der Waals surface area contributed by atoms with Gasteiger partial charge in [0, 0.05) is 5.56 Å². The molecule has 1 nitrogen and oxygen atoms in total. The Kier molecular flexibility index (Phi) is 3.80. The molecule has 0 amide bonds. The van der Waals surface area contributed by atoms with E-state index in [-0.39, 0.29) is 11.1 Å². The van der Waals surface area contributed by atoms with Gasteiger partial charge in [0.25, 0.3) is 0 Å². The van der Waals surface area contributed by atoms with Gasteiger partial charge in [0.05, 0.1) is 11.1 Å². The molecule has 0 fully saturated rings. The van der Waals surface area contributed by atoms with Crippen LogP contribution in [0, 0.1) is 18.6 Å². The number of hydrogen-bond acceptors (Lipinski definition) is 1. The van der Waals surface area contributed by atoms with Gasteiger partial charge in [-0.2, -0.15) is 13.2 Å². The second-order valence-corrected chi connectivity index (χ2v) is 4.50. The number of rotatable bonds is 2. The quantitative estimate of drug-likeness (QED) is 0.588. The van der Waals surface area contributed by atoms with Gasteiger partial charge in [0.2, 0.25) is 0 Å².